The van der Waals surface area contributed by atoms with Gasteiger partial charge < -0.3 is 14.8 Å². The highest BCUT2D eigenvalue weighted by atomic mass is 35.5. The van der Waals surface area contributed by atoms with Gasteiger partial charge in [-0.25, -0.2) is 13.1 Å². The maximum Gasteiger partial charge on any atom is 0.258 e. The predicted octanol–water partition coefficient (Wildman–Crippen LogP) is 2.73. The summed E-state index contributed by atoms with van der Waals surface area (Å²) in [5, 5.41) is 2.84. The summed E-state index contributed by atoms with van der Waals surface area (Å²) in [6.07, 6.45) is 0.680. The van der Waals surface area contributed by atoms with Crippen molar-refractivity contribution >= 4 is 27.5 Å². The minimum atomic E-state index is -3.62. The number of amides is 1. The van der Waals surface area contributed by atoms with Crippen molar-refractivity contribution < 1.29 is 22.7 Å². The summed E-state index contributed by atoms with van der Waals surface area (Å²) < 4.78 is 37.1. The Labute approximate surface area is 170 Å². The number of rotatable bonds is 10. The SMILES string of the molecule is CCCNS(=O)(=O)c1ccc(OCC(=O)NCc2ccc(OC)cc2)c(Cl)c1. The summed E-state index contributed by atoms with van der Waals surface area (Å²) in [6.45, 7) is 2.31. The molecule has 0 heterocycles. The molecule has 2 aromatic rings. The van der Waals surface area contributed by atoms with E-state index < -0.39 is 10.0 Å². The molecule has 0 bridgehead atoms. The summed E-state index contributed by atoms with van der Waals surface area (Å²) in [7, 11) is -2.03. The molecule has 0 radical (unpaired) electrons. The Kier molecular flexibility index (Phi) is 8.10. The van der Waals surface area contributed by atoms with Crippen LogP contribution in [0.15, 0.2) is 47.4 Å². The van der Waals surface area contributed by atoms with E-state index in [1.54, 1.807) is 7.11 Å². The maximum atomic E-state index is 12.1. The molecule has 2 rings (SSSR count). The molecular formula is C19H23ClN2O5S. The lowest BCUT2D eigenvalue weighted by Crippen LogP contribution is -2.28. The van der Waals surface area contributed by atoms with Gasteiger partial charge in [-0.05, 0) is 42.3 Å². The lowest BCUT2D eigenvalue weighted by molar-refractivity contribution is -0.123. The first-order chi connectivity index (χ1) is 13.4. The van der Waals surface area contributed by atoms with Crippen LogP contribution in [0.3, 0.4) is 0 Å². The monoisotopic (exact) mass is 426 g/mol. The van der Waals surface area contributed by atoms with Crippen molar-refractivity contribution in [3.8, 4) is 11.5 Å². The lowest BCUT2D eigenvalue weighted by atomic mass is 10.2. The zero-order valence-corrected chi connectivity index (χ0v) is 17.3. The van der Waals surface area contributed by atoms with Gasteiger partial charge in [-0.3, -0.25) is 4.79 Å². The molecule has 0 unspecified atom stereocenters. The van der Waals surface area contributed by atoms with E-state index in [4.69, 9.17) is 21.1 Å². The van der Waals surface area contributed by atoms with Crippen LogP contribution >= 0.6 is 11.6 Å². The van der Waals surface area contributed by atoms with Crippen LogP contribution in [0, 0.1) is 0 Å². The molecule has 0 aromatic heterocycles. The van der Waals surface area contributed by atoms with Crippen LogP contribution in [-0.4, -0.2) is 34.6 Å². The van der Waals surface area contributed by atoms with Crippen molar-refractivity contribution in [1.82, 2.24) is 10.0 Å². The van der Waals surface area contributed by atoms with Gasteiger partial charge in [0.15, 0.2) is 6.61 Å². The predicted molar refractivity (Wildman–Crippen MR) is 107 cm³/mol. The summed E-state index contributed by atoms with van der Waals surface area (Å²) in [4.78, 5) is 12.0. The zero-order chi connectivity index (χ0) is 20.6. The molecule has 0 aliphatic heterocycles. The minimum Gasteiger partial charge on any atom is -0.497 e. The molecular weight excluding hydrogens is 404 g/mol. The van der Waals surface area contributed by atoms with Crippen molar-refractivity contribution in [1.29, 1.82) is 0 Å². The topological polar surface area (TPSA) is 93.7 Å². The molecule has 0 fully saturated rings. The molecule has 152 valence electrons. The van der Waals surface area contributed by atoms with Gasteiger partial charge in [-0.1, -0.05) is 30.7 Å². The van der Waals surface area contributed by atoms with Crippen LogP contribution in [0.5, 0.6) is 11.5 Å². The minimum absolute atomic E-state index is 0.0438. The third-order valence-corrected chi connectivity index (χ3v) is 5.52. The van der Waals surface area contributed by atoms with E-state index in [1.807, 2.05) is 31.2 Å². The Bertz CT molecular complexity index is 901. The highest BCUT2D eigenvalue weighted by molar-refractivity contribution is 7.89. The van der Waals surface area contributed by atoms with Crippen molar-refractivity contribution in [2.24, 2.45) is 0 Å². The number of nitrogens with one attached hydrogen (secondary N) is 2. The normalized spacial score (nSPS) is 11.1. The Morgan fingerprint density at radius 2 is 1.86 bits per heavy atom. The van der Waals surface area contributed by atoms with Crippen LogP contribution < -0.4 is 19.5 Å². The fourth-order valence-electron chi connectivity index (χ4n) is 2.22. The van der Waals surface area contributed by atoms with E-state index in [1.165, 1.54) is 18.2 Å². The molecule has 0 atom stereocenters. The number of benzene rings is 2. The van der Waals surface area contributed by atoms with E-state index in [-0.39, 0.29) is 28.2 Å². The van der Waals surface area contributed by atoms with Gasteiger partial charge in [-0.2, -0.15) is 0 Å². The first-order valence-electron chi connectivity index (χ1n) is 8.67. The van der Waals surface area contributed by atoms with Crippen LogP contribution in [0.4, 0.5) is 0 Å². The van der Waals surface area contributed by atoms with Crippen LogP contribution in [0.1, 0.15) is 18.9 Å². The van der Waals surface area contributed by atoms with Crippen LogP contribution in [0.25, 0.3) is 0 Å². The third-order valence-electron chi connectivity index (χ3n) is 3.76. The summed E-state index contributed by atoms with van der Waals surface area (Å²) >= 11 is 6.09. The second-order valence-corrected chi connectivity index (χ2v) is 8.08. The van der Waals surface area contributed by atoms with Gasteiger partial charge in [0.2, 0.25) is 10.0 Å². The van der Waals surface area contributed by atoms with E-state index >= 15 is 0 Å². The average molecular weight is 427 g/mol. The number of halogens is 1. The molecule has 0 aliphatic rings. The summed E-state index contributed by atoms with van der Waals surface area (Å²) in [6, 6.07) is 11.4. The van der Waals surface area contributed by atoms with E-state index in [0.717, 1.165) is 11.3 Å². The maximum absolute atomic E-state index is 12.1. The third kappa shape index (κ3) is 6.40. The highest BCUT2D eigenvalue weighted by Crippen LogP contribution is 2.27. The van der Waals surface area contributed by atoms with Crippen molar-refractivity contribution in [3.63, 3.8) is 0 Å². The number of methoxy groups -OCH3 is 1. The Hall–Kier alpha value is -2.29. The highest BCUT2D eigenvalue weighted by Gasteiger charge is 2.15. The lowest BCUT2D eigenvalue weighted by Gasteiger charge is -2.11. The Morgan fingerprint density at radius 1 is 1.14 bits per heavy atom. The first-order valence-corrected chi connectivity index (χ1v) is 10.5. The fourth-order valence-corrected chi connectivity index (χ4v) is 3.68. The number of sulfonamides is 1. The van der Waals surface area contributed by atoms with Crippen molar-refractivity contribution in [2.45, 2.75) is 24.8 Å². The summed E-state index contributed by atoms with van der Waals surface area (Å²) in [5.74, 6) is 0.646. The molecule has 0 saturated carbocycles. The standard InChI is InChI=1S/C19H23ClN2O5S/c1-3-10-22-28(24,25)16-8-9-18(17(20)11-16)27-13-19(23)21-12-14-4-6-15(26-2)7-5-14/h4-9,11,22H,3,10,12-13H2,1-2H3,(H,21,23). The first kappa shape index (κ1) is 22.0. The van der Waals surface area contributed by atoms with E-state index in [9.17, 15) is 13.2 Å². The van der Waals surface area contributed by atoms with Crippen molar-refractivity contribution in [2.75, 3.05) is 20.3 Å². The molecule has 9 heteroatoms. The largest absolute Gasteiger partial charge is 0.497 e. The molecule has 0 aliphatic carbocycles. The average Bonchev–Trinajstić information content (AvgIpc) is 2.70. The summed E-state index contributed by atoms with van der Waals surface area (Å²) in [5.41, 5.74) is 0.918. The molecule has 2 aromatic carbocycles. The van der Waals surface area contributed by atoms with Crippen LogP contribution in [-0.2, 0) is 21.4 Å². The number of hydrogen-bond acceptors (Lipinski definition) is 5. The molecule has 1 amide bonds. The fraction of sp³-hybridized carbons (Fsp3) is 0.316. The van der Waals surface area contributed by atoms with Crippen molar-refractivity contribution in [3.05, 3.63) is 53.1 Å². The smallest absolute Gasteiger partial charge is 0.258 e. The van der Waals surface area contributed by atoms with Gasteiger partial charge in [0.05, 0.1) is 17.0 Å². The molecule has 28 heavy (non-hydrogen) atoms. The van der Waals surface area contributed by atoms with Gasteiger partial charge in [0.25, 0.3) is 5.91 Å². The number of hydrogen-bond donors (Lipinski definition) is 2. The van der Waals surface area contributed by atoms with Crippen LogP contribution in [0.2, 0.25) is 5.02 Å². The molecule has 2 N–H and O–H groups in total. The second-order valence-electron chi connectivity index (χ2n) is 5.90. The van der Waals surface area contributed by atoms with Gasteiger partial charge in [-0.15, -0.1) is 0 Å². The van der Waals surface area contributed by atoms with Gasteiger partial charge in [0.1, 0.15) is 11.5 Å². The molecule has 0 spiro atoms. The van der Waals surface area contributed by atoms with Gasteiger partial charge in [0, 0.05) is 13.1 Å². The quantitative estimate of drug-likeness (QED) is 0.609. The molecule has 0 saturated heterocycles. The Balaban J connectivity index is 1.88. The number of ether oxygens (including phenoxy) is 2. The second kappa shape index (κ2) is 10.3. The zero-order valence-electron chi connectivity index (χ0n) is 15.7. The van der Waals surface area contributed by atoms with E-state index in [2.05, 4.69) is 10.0 Å². The molecule has 7 nitrogen and oxygen atoms in total. The number of carbonyl (C=O) groups excluding carboxylic acids is 1. The number of carbonyl (C=O) groups is 1. The van der Waals surface area contributed by atoms with Gasteiger partial charge >= 0.3 is 0 Å². The van der Waals surface area contributed by atoms with E-state index in [0.29, 0.717) is 19.5 Å². The Morgan fingerprint density at radius 3 is 2.46 bits per heavy atom.